The number of hydrogen-bond donors (Lipinski definition) is 1. The van der Waals surface area contributed by atoms with Gasteiger partial charge in [-0.2, -0.15) is 6.08 Å². The first-order valence-corrected chi connectivity index (χ1v) is 11.3. The third kappa shape index (κ3) is 11.9. The monoisotopic (exact) mass is 533 g/mol. The van der Waals surface area contributed by atoms with Gasteiger partial charge in [0, 0.05) is 5.02 Å². The van der Waals surface area contributed by atoms with E-state index in [-0.39, 0.29) is 36.0 Å². The Labute approximate surface area is 227 Å². The van der Waals surface area contributed by atoms with Crippen LogP contribution in [0.25, 0.3) is 0 Å². The van der Waals surface area contributed by atoms with E-state index in [9.17, 15) is 5.11 Å². The van der Waals surface area contributed by atoms with E-state index in [1.807, 2.05) is 30.4 Å². The van der Waals surface area contributed by atoms with Crippen molar-refractivity contribution in [3.05, 3.63) is 125 Å². The minimum atomic E-state index is 0. The molecule has 3 aromatic carbocycles. The predicted octanol–water partition coefficient (Wildman–Crippen LogP) is 1.46. The Morgan fingerprint density at radius 3 is 1.73 bits per heavy atom. The third-order valence-corrected chi connectivity index (χ3v) is 5.58. The molecule has 0 amide bonds. The predicted molar refractivity (Wildman–Crippen MR) is 129 cm³/mol. The summed E-state index contributed by atoms with van der Waals surface area (Å²) >= 11 is 7.95. The average molecular weight is 535 g/mol. The zero-order valence-corrected chi connectivity index (χ0v) is 22.9. The zero-order valence-electron chi connectivity index (χ0n) is 19.0. The summed E-state index contributed by atoms with van der Waals surface area (Å²) in [5, 5.41) is 9.86. The van der Waals surface area contributed by atoms with Crippen LogP contribution in [0, 0.1) is 6.08 Å². The molecule has 0 saturated carbocycles. The van der Waals surface area contributed by atoms with Crippen LogP contribution in [0.1, 0.15) is 43.9 Å². The molecule has 1 aliphatic carbocycles. The number of allylic oxidation sites excluding steroid dienone is 4. The molecule has 3 aromatic rings. The van der Waals surface area contributed by atoms with Crippen LogP contribution in [0.3, 0.4) is 0 Å². The normalized spacial score (nSPS) is 11.1. The summed E-state index contributed by atoms with van der Waals surface area (Å²) in [6.45, 7) is 6.24. The fraction of sp³-hybridized carbons (Fsp3) is 0.179. The molecule has 173 valence electrons. The Kier molecular flexibility index (Phi) is 15.3. The van der Waals surface area contributed by atoms with E-state index >= 15 is 0 Å². The Bertz CT molecular complexity index is 952. The summed E-state index contributed by atoms with van der Waals surface area (Å²) in [4.78, 5) is 0. The maximum absolute atomic E-state index is 9.27. The molecule has 0 heterocycles. The summed E-state index contributed by atoms with van der Waals surface area (Å²) in [6.07, 6.45) is 10.0. The molecular formula is C28H28Cl3OTi-2. The van der Waals surface area contributed by atoms with Crippen LogP contribution in [-0.4, -0.2) is 8.92 Å². The molecule has 4 rings (SSSR count). The van der Waals surface area contributed by atoms with Gasteiger partial charge in [-0.3, -0.25) is 6.08 Å². The number of halogens is 3. The molecule has 1 N–H and O–H groups in total. The number of aromatic hydroxyl groups is 1. The number of rotatable bonds is 2. The van der Waals surface area contributed by atoms with E-state index in [0.717, 1.165) is 12.0 Å². The van der Waals surface area contributed by atoms with Gasteiger partial charge < -0.3 is 29.9 Å². The summed E-state index contributed by atoms with van der Waals surface area (Å²) in [5.74, 6) is 0.229. The first-order valence-electron chi connectivity index (χ1n) is 10.2. The van der Waals surface area contributed by atoms with Crippen LogP contribution in [0.15, 0.2) is 97.1 Å². The van der Waals surface area contributed by atoms with Crippen molar-refractivity contribution in [2.45, 2.75) is 32.6 Å². The Morgan fingerprint density at radius 1 is 0.879 bits per heavy atom. The van der Waals surface area contributed by atoms with Crippen molar-refractivity contribution in [3.63, 3.8) is 0 Å². The van der Waals surface area contributed by atoms with Crippen molar-refractivity contribution in [2.75, 3.05) is 0 Å². The molecular weight excluding hydrogens is 507 g/mol. The zero-order chi connectivity index (χ0) is 22.7. The number of benzene rings is 3. The van der Waals surface area contributed by atoms with Crippen molar-refractivity contribution < 1.29 is 49.9 Å². The number of phenols is 1. The molecule has 33 heavy (non-hydrogen) atoms. The van der Waals surface area contributed by atoms with Gasteiger partial charge in [0.2, 0.25) is 0 Å². The van der Waals surface area contributed by atoms with Crippen molar-refractivity contribution in [3.8, 4) is 5.75 Å². The first-order chi connectivity index (χ1) is 14.8. The molecule has 0 bridgehead atoms. The third-order valence-electron chi connectivity index (χ3n) is 4.46. The molecule has 1 aliphatic rings. The molecule has 0 atom stereocenters. The summed E-state index contributed by atoms with van der Waals surface area (Å²) in [7, 11) is 0. The topological polar surface area (TPSA) is 20.2 Å². The van der Waals surface area contributed by atoms with Crippen molar-refractivity contribution in [1.82, 2.24) is 0 Å². The molecule has 0 unspecified atom stereocenters. The van der Waals surface area contributed by atoms with Gasteiger partial charge in [-0.1, -0.05) is 32.4 Å². The van der Waals surface area contributed by atoms with E-state index < -0.39 is 0 Å². The second kappa shape index (κ2) is 16.1. The SMILES string of the molecule is CC(C)(C)c1cc(O)cc(Cl)c1.[C-]1=CC=CC1.[Cl-].[Cl-].[Ti+]=[C](c1ccccc1)c1ccccc1. The fourth-order valence-electron chi connectivity index (χ4n) is 2.72. The van der Waals surface area contributed by atoms with Gasteiger partial charge in [-0.25, -0.2) is 12.2 Å². The minimum absolute atomic E-state index is 0. The van der Waals surface area contributed by atoms with Crippen molar-refractivity contribution in [1.29, 1.82) is 0 Å². The molecule has 0 saturated heterocycles. The van der Waals surface area contributed by atoms with Gasteiger partial charge >= 0.3 is 95.6 Å². The fourth-order valence-corrected chi connectivity index (χ4v) is 3.47. The molecule has 0 aromatic heterocycles. The van der Waals surface area contributed by atoms with Crippen molar-refractivity contribution in [2.24, 2.45) is 0 Å². The van der Waals surface area contributed by atoms with Crippen LogP contribution in [0.2, 0.25) is 5.02 Å². The van der Waals surface area contributed by atoms with Gasteiger partial charge in [-0.05, 0) is 29.2 Å². The van der Waals surface area contributed by atoms with Gasteiger partial charge in [0.25, 0.3) is 0 Å². The standard InChI is InChI=1S/C13H10.C10H13ClO.C5H5.2ClH.Ti/c1-3-7-12(8-4-1)11-13-9-5-2-6-10-13;1-10(2,3)7-4-8(11)6-9(12)5-7;1-2-4-5-3-1;;;/h1-10H;4-6,12H,1-3H3;1-3H,4H2;2*1H;/q;;-1;;;+1/p-2. The number of phenolic OH excluding ortho intramolecular Hbond substituents is 1. The summed E-state index contributed by atoms with van der Waals surface area (Å²) in [6, 6.07) is 26.1. The van der Waals surface area contributed by atoms with Crippen LogP contribution < -0.4 is 24.8 Å². The first kappa shape index (κ1) is 31.4. The molecule has 0 aliphatic heterocycles. The maximum atomic E-state index is 9.27. The average Bonchev–Trinajstić information content (AvgIpc) is 3.34. The van der Waals surface area contributed by atoms with Gasteiger partial charge in [0.05, 0.1) is 0 Å². The molecule has 0 radical (unpaired) electrons. The summed E-state index contributed by atoms with van der Waals surface area (Å²) < 4.78 is 1.33. The molecule has 1 nitrogen and oxygen atoms in total. The number of hydrogen-bond acceptors (Lipinski definition) is 1. The van der Waals surface area contributed by atoms with Crippen molar-refractivity contribution >= 4 is 15.4 Å². The van der Waals surface area contributed by atoms with Gasteiger partial charge in [0.1, 0.15) is 5.75 Å². The Morgan fingerprint density at radius 2 is 1.39 bits per heavy atom. The van der Waals surface area contributed by atoms with E-state index in [0.29, 0.717) is 5.02 Å². The molecule has 0 fully saturated rings. The van der Waals surface area contributed by atoms with E-state index in [2.05, 4.69) is 101 Å². The quantitative estimate of drug-likeness (QED) is 0.390. The van der Waals surface area contributed by atoms with Crippen LogP contribution in [0.5, 0.6) is 5.75 Å². The van der Waals surface area contributed by atoms with Gasteiger partial charge in [-0.15, -0.1) is 6.42 Å². The van der Waals surface area contributed by atoms with E-state index in [4.69, 9.17) is 11.6 Å². The summed E-state index contributed by atoms with van der Waals surface area (Å²) in [5.41, 5.74) is 3.66. The van der Waals surface area contributed by atoms with Crippen LogP contribution in [-0.2, 0) is 25.4 Å². The molecule has 0 spiro atoms. The van der Waals surface area contributed by atoms with Crippen LogP contribution >= 0.6 is 11.6 Å². The second-order valence-electron chi connectivity index (χ2n) is 8.06. The van der Waals surface area contributed by atoms with E-state index in [1.54, 1.807) is 6.07 Å². The van der Waals surface area contributed by atoms with Crippen LogP contribution in [0.4, 0.5) is 0 Å². The van der Waals surface area contributed by atoms with Gasteiger partial charge in [0.15, 0.2) is 0 Å². The second-order valence-corrected chi connectivity index (χ2v) is 9.28. The Balaban J connectivity index is 0.000000493. The molecule has 5 heteroatoms. The van der Waals surface area contributed by atoms with E-state index in [1.165, 1.54) is 21.0 Å². The Hall–Kier alpha value is -1.61.